The van der Waals surface area contributed by atoms with E-state index in [9.17, 15) is 14.9 Å². The van der Waals surface area contributed by atoms with Crippen LogP contribution in [0.25, 0.3) is 11.0 Å². The number of hydrogen-bond donors (Lipinski definition) is 2. The third-order valence-corrected chi connectivity index (χ3v) is 4.24. The van der Waals surface area contributed by atoms with Crippen LogP contribution in [0.4, 0.5) is 11.4 Å². The van der Waals surface area contributed by atoms with Gasteiger partial charge in [-0.3, -0.25) is 20.2 Å². The molecule has 0 saturated carbocycles. The van der Waals surface area contributed by atoms with Crippen molar-refractivity contribution in [3.05, 3.63) is 64.4 Å². The summed E-state index contributed by atoms with van der Waals surface area (Å²) >= 11 is 5.16. The fraction of sp³-hybridized carbons (Fsp3) is 0.200. The predicted molar refractivity (Wildman–Crippen MR) is 113 cm³/mol. The Morgan fingerprint density at radius 3 is 2.66 bits per heavy atom. The van der Waals surface area contributed by atoms with Crippen LogP contribution in [0, 0.1) is 10.1 Å². The minimum absolute atomic E-state index is 0.00400. The summed E-state index contributed by atoms with van der Waals surface area (Å²) in [5, 5.41) is 16.8. The zero-order chi connectivity index (χ0) is 20.8. The monoisotopic (exact) mass is 413 g/mol. The molecule has 0 aliphatic rings. The second kappa shape index (κ2) is 9.16. The predicted octanol–water partition coefficient (Wildman–Crippen LogP) is 4.65. The number of non-ortho nitro benzene ring substituents is 1. The van der Waals surface area contributed by atoms with E-state index in [1.807, 2.05) is 12.1 Å². The van der Waals surface area contributed by atoms with Crippen molar-refractivity contribution < 1.29 is 18.9 Å². The number of fused-ring (bicyclic) bond motifs is 1. The molecule has 0 aliphatic heterocycles. The Morgan fingerprint density at radius 1 is 1.21 bits per heavy atom. The van der Waals surface area contributed by atoms with Gasteiger partial charge in [0.25, 0.3) is 11.6 Å². The number of unbranched alkanes of at least 4 members (excludes halogenated alkanes) is 1. The van der Waals surface area contributed by atoms with E-state index < -0.39 is 10.8 Å². The van der Waals surface area contributed by atoms with E-state index in [4.69, 9.17) is 21.4 Å². The zero-order valence-electron chi connectivity index (χ0n) is 15.6. The molecule has 0 spiro atoms. The molecule has 1 heterocycles. The number of nitrogens with zero attached hydrogens (tertiary/aromatic N) is 1. The third-order valence-electron chi connectivity index (χ3n) is 4.04. The molecule has 1 amide bonds. The lowest BCUT2D eigenvalue weighted by atomic mass is 10.2. The number of nitro benzene ring substituents is 1. The van der Waals surface area contributed by atoms with Gasteiger partial charge in [-0.15, -0.1) is 0 Å². The van der Waals surface area contributed by atoms with Crippen LogP contribution in [0.5, 0.6) is 5.75 Å². The maximum atomic E-state index is 12.3. The van der Waals surface area contributed by atoms with Crippen molar-refractivity contribution in [1.29, 1.82) is 0 Å². The Balaban J connectivity index is 1.59. The average molecular weight is 413 g/mol. The maximum Gasteiger partial charge on any atom is 0.293 e. The number of ether oxygens (including phenoxy) is 1. The van der Waals surface area contributed by atoms with Gasteiger partial charge >= 0.3 is 0 Å². The molecule has 0 fully saturated rings. The number of carbonyl (C=O) groups is 1. The van der Waals surface area contributed by atoms with Gasteiger partial charge in [0, 0.05) is 23.2 Å². The third kappa shape index (κ3) is 5.29. The topological polar surface area (TPSA) is 107 Å². The first-order valence-electron chi connectivity index (χ1n) is 8.99. The van der Waals surface area contributed by atoms with Gasteiger partial charge in [0.1, 0.15) is 11.3 Å². The Morgan fingerprint density at radius 2 is 1.97 bits per heavy atom. The van der Waals surface area contributed by atoms with Crippen LogP contribution in [-0.4, -0.2) is 22.5 Å². The van der Waals surface area contributed by atoms with Crippen LogP contribution in [-0.2, 0) is 0 Å². The highest BCUT2D eigenvalue weighted by Gasteiger charge is 2.16. The molecular weight excluding hydrogens is 394 g/mol. The number of thiocarbonyl (C=S) groups is 1. The standard InChI is InChI=1S/C20H19N3O5S/c1-2-3-10-27-16-7-4-14(5-8-16)21-20(29)22-19(24)18-12-13-11-15(23(25)26)6-9-17(13)28-18/h4-9,11-12H,2-3,10H2,1H3,(H2,21,22,24,29). The molecule has 3 aromatic rings. The Labute approximate surface area is 172 Å². The van der Waals surface area contributed by atoms with Crippen LogP contribution < -0.4 is 15.4 Å². The van der Waals surface area contributed by atoms with Gasteiger partial charge in [-0.1, -0.05) is 13.3 Å². The van der Waals surface area contributed by atoms with Crippen LogP contribution in [0.3, 0.4) is 0 Å². The second-order valence-electron chi connectivity index (χ2n) is 6.22. The first-order valence-corrected chi connectivity index (χ1v) is 9.40. The van der Waals surface area contributed by atoms with Crippen LogP contribution in [0.15, 0.2) is 52.9 Å². The molecule has 3 rings (SSSR count). The zero-order valence-corrected chi connectivity index (χ0v) is 16.5. The molecule has 9 heteroatoms. The molecule has 0 atom stereocenters. The molecule has 1 aromatic heterocycles. The normalized spacial score (nSPS) is 10.5. The maximum absolute atomic E-state index is 12.3. The van der Waals surface area contributed by atoms with Crippen molar-refractivity contribution in [1.82, 2.24) is 5.32 Å². The lowest BCUT2D eigenvalue weighted by Gasteiger charge is -2.10. The highest BCUT2D eigenvalue weighted by Crippen LogP contribution is 2.24. The number of furan rings is 1. The van der Waals surface area contributed by atoms with Gasteiger partial charge in [0.2, 0.25) is 0 Å². The molecule has 29 heavy (non-hydrogen) atoms. The number of rotatable bonds is 7. The Hall–Kier alpha value is -3.46. The quantitative estimate of drug-likeness (QED) is 0.251. The fourth-order valence-electron chi connectivity index (χ4n) is 2.55. The molecule has 0 unspecified atom stereocenters. The molecular formula is C20H19N3O5S. The summed E-state index contributed by atoms with van der Waals surface area (Å²) in [7, 11) is 0. The van der Waals surface area contributed by atoms with Gasteiger partial charge < -0.3 is 14.5 Å². The van der Waals surface area contributed by atoms with E-state index in [0.29, 0.717) is 23.3 Å². The summed E-state index contributed by atoms with van der Waals surface area (Å²) in [5.41, 5.74) is 0.987. The number of nitro groups is 1. The molecule has 2 N–H and O–H groups in total. The smallest absolute Gasteiger partial charge is 0.293 e. The van der Waals surface area contributed by atoms with Crippen LogP contribution in [0.2, 0.25) is 0 Å². The summed E-state index contributed by atoms with van der Waals surface area (Å²) in [6.45, 7) is 2.76. The van der Waals surface area contributed by atoms with Gasteiger partial charge in [0.15, 0.2) is 10.9 Å². The van der Waals surface area contributed by atoms with Crippen molar-refractivity contribution in [2.45, 2.75) is 19.8 Å². The first-order chi connectivity index (χ1) is 14.0. The van der Waals surface area contributed by atoms with Gasteiger partial charge in [-0.05, 0) is 55.0 Å². The van der Waals surface area contributed by atoms with E-state index in [1.165, 1.54) is 24.3 Å². The van der Waals surface area contributed by atoms with Crippen molar-refractivity contribution in [3.63, 3.8) is 0 Å². The Bertz CT molecular complexity index is 1050. The van der Waals surface area contributed by atoms with Crippen molar-refractivity contribution in [2.75, 3.05) is 11.9 Å². The number of carbonyl (C=O) groups excluding carboxylic acids is 1. The molecule has 0 radical (unpaired) electrons. The van der Waals surface area contributed by atoms with Gasteiger partial charge in [0.05, 0.1) is 11.5 Å². The number of amides is 1. The lowest BCUT2D eigenvalue weighted by molar-refractivity contribution is -0.384. The second-order valence-corrected chi connectivity index (χ2v) is 6.63. The fourth-order valence-corrected chi connectivity index (χ4v) is 2.76. The highest BCUT2D eigenvalue weighted by atomic mass is 32.1. The van der Waals surface area contributed by atoms with Crippen molar-refractivity contribution in [3.8, 4) is 5.75 Å². The summed E-state index contributed by atoms with van der Waals surface area (Å²) in [5.74, 6) is 0.209. The molecule has 0 saturated heterocycles. The average Bonchev–Trinajstić information content (AvgIpc) is 3.13. The molecule has 2 aromatic carbocycles. The minimum atomic E-state index is -0.555. The minimum Gasteiger partial charge on any atom is -0.494 e. The number of benzene rings is 2. The van der Waals surface area contributed by atoms with Crippen LogP contribution in [0.1, 0.15) is 30.3 Å². The Kier molecular flexibility index (Phi) is 6.40. The van der Waals surface area contributed by atoms with Crippen LogP contribution >= 0.6 is 12.2 Å². The molecule has 150 valence electrons. The van der Waals surface area contributed by atoms with Crippen molar-refractivity contribution in [2.24, 2.45) is 0 Å². The summed E-state index contributed by atoms with van der Waals surface area (Å²) in [4.78, 5) is 22.7. The molecule has 8 nitrogen and oxygen atoms in total. The SMILES string of the molecule is CCCCOc1ccc(NC(=S)NC(=O)c2cc3cc([N+](=O)[O-])ccc3o2)cc1. The summed E-state index contributed by atoms with van der Waals surface area (Å²) in [6, 6.07) is 12.8. The molecule has 0 aliphatic carbocycles. The van der Waals surface area contributed by atoms with E-state index in [2.05, 4.69) is 17.6 Å². The van der Waals surface area contributed by atoms with E-state index in [1.54, 1.807) is 12.1 Å². The number of nitrogens with one attached hydrogen (secondary N) is 2. The summed E-state index contributed by atoms with van der Waals surface area (Å²) < 4.78 is 11.0. The lowest BCUT2D eigenvalue weighted by Crippen LogP contribution is -2.33. The van der Waals surface area contributed by atoms with Crippen molar-refractivity contribution >= 4 is 45.6 Å². The highest BCUT2D eigenvalue weighted by molar-refractivity contribution is 7.80. The number of hydrogen-bond acceptors (Lipinski definition) is 6. The summed E-state index contributed by atoms with van der Waals surface area (Å²) in [6.07, 6.45) is 2.06. The van der Waals surface area contributed by atoms with E-state index in [-0.39, 0.29) is 16.6 Å². The van der Waals surface area contributed by atoms with E-state index >= 15 is 0 Å². The van der Waals surface area contributed by atoms with Gasteiger partial charge in [-0.2, -0.15) is 0 Å². The van der Waals surface area contributed by atoms with E-state index in [0.717, 1.165) is 18.6 Å². The first kappa shape index (κ1) is 20.3. The molecule has 0 bridgehead atoms. The largest absolute Gasteiger partial charge is 0.494 e. The number of anilines is 1. The van der Waals surface area contributed by atoms with Gasteiger partial charge in [-0.25, -0.2) is 0 Å².